The number of piperazine rings is 1. The van der Waals surface area contributed by atoms with Gasteiger partial charge in [-0.15, -0.1) is 0 Å². The van der Waals surface area contributed by atoms with Crippen LogP contribution in [0.4, 0.5) is 0 Å². The average molecular weight is 376 g/mol. The van der Waals surface area contributed by atoms with E-state index in [0.29, 0.717) is 6.42 Å². The predicted molar refractivity (Wildman–Crippen MR) is 100 cm³/mol. The number of hydrogen-bond acceptors (Lipinski definition) is 5. The van der Waals surface area contributed by atoms with Gasteiger partial charge in [-0.1, -0.05) is 51.9 Å². The molecule has 4 atom stereocenters. The number of rotatable bonds is 3. The monoisotopic (exact) mass is 375 g/mol. The second kappa shape index (κ2) is 6.26. The van der Waals surface area contributed by atoms with Gasteiger partial charge in [0.25, 0.3) is 5.91 Å². The van der Waals surface area contributed by atoms with E-state index in [4.69, 9.17) is 0 Å². The number of nitriles is 1. The van der Waals surface area contributed by atoms with Gasteiger partial charge in [-0.3, -0.25) is 9.59 Å². The maximum Gasteiger partial charge on any atom is 0.260 e. The Morgan fingerprint density at radius 2 is 1.92 bits per heavy atom. The summed E-state index contributed by atoms with van der Waals surface area (Å²) < 4.78 is 0. The van der Waals surface area contributed by atoms with Crippen LogP contribution in [0.5, 0.6) is 0 Å². The third kappa shape index (κ3) is 2.46. The van der Waals surface area contributed by atoms with Gasteiger partial charge in [0, 0.05) is 13.5 Å². The third-order valence-corrected chi connectivity index (χ3v) is 7.57. The summed E-state index contributed by atoms with van der Waals surface area (Å²) in [5.41, 5.74) is 0.0633. The van der Waals surface area contributed by atoms with Crippen LogP contribution in [-0.2, 0) is 9.59 Å². The normalized spacial score (nSPS) is 34.8. The van der Waals surface area contributed by atoms with E-state index in [0.717, 1.165) is 5.56 Å². The lowest BCUT2D eigenvalue weighted by Gasteiger charge is -2.48. The van der Waals surface area contributed by atoms with Crippen molar-refractivity contribution in [1.82, 2.24) is 9.80 Å². The number of hydrogen-bond donors (Lipinski definition) is 0. The molecule has 7 heteroatoms. The Hall–Kier alpha value is -1.65. The summed E-state index contributed by atoms with van der Waals surface area (Å²) in [7, 11) is 4.51. The molecule has 132 valence electrons. The van der Waals surface area contributed by atoms with E-state index in [2.05, 4.69) is 6.07 Å². The molecule has 0 aliphatic carbocycles. The number of amides is 2. The van der Waals surface area contributed by atoms with Crippen LogP contribution in [0.25, 0.3) is 0 Å². The molecule has 2 amide bonds. The standard InChI is InChI=1S/C18H21N3O2S2/c1-12-15(22)21-14(13-8-6-5-7-9-13)17(2,11-19)10-18(21,25-24-4)16(23)20(12)3/h5-9,12,14H,10H2,1-4H3/t12?,14-,17+,18-/m0/s1. The highest BCUT2D eigenvalue weighted by Gasteiger charge is 2.67. The van der Waals surface area contributed by atoms with Crippen molar-refractivity contribution in [2.45, 2.75) is 37.2 Å². The van der Waals surface area contributed by atoms with Gasteiger partial charge in [-0.05, 0) is 25.7 Å². The number of carbonyl (C=O) groups excluding carboxylic acids is 2. The molecule has 0 N–H and O–H groups in total. The first-order valence-corrected chi connectivity index (χ1v) is 10.7. The first-order valence-electron chi connectivity index (χ1n) is 8.11. The van der Waals surface area contributed by atoms with Crippen molar-refractivity contribution in [2.24, 2.45) is 5.41 Å². The number of nitrogens with zero attached hydrogens (tertiary/aromatic N) is 3. The summed E-state index contributed by atoms with van der Waals surface area (Å²) in [6.07, 6.45) is 2.22. The molecule has 2 fully saturated rings. The molecule has 2 saturated heterocycles. The fourth-order valence-electron chi connectivity index (χ4n) is 3.97. The predicted octanol–water partition coefficient (Wildman–Crippen LogP) is 3.06. The first-order chi connectivity index (χ1) is 11.8. The van der Waals surface area contributed by atoms with Gasteiger partial charge in [-0.2, -0.15) is 5.26 Å². The van der Waals surface area contributed by atoms with Gasteiger partial charge in [0.15, 0.2) is 4.87 Å². The molecule has 2 aliphatic heterocycles. The van der Waals surface area contributed by atoms with Gasteiger partial charge >= 0.3 is 0 Å². The second-order valence-electron chi connectivity index (χ2n) is 6.85. The zero-order valence-electron chi connectivity index (χ0n) is 14.7. The van der Waals surface area contributed by atoms with E-state index in [1.165, 1.54) is 26.5 Å². The molecule has 5 nitrogen and oxygen atoms in total. The zero-order valence-corrected chi connectivity index (χ0v) is 16.4. The van der Waals surface area contributed by atoms with Gasteiger partial charge in [0.05, 0.1) is 17.5 Å². The van der Waals surface area contributed by atoms with Crippen molar-refractivity contribution >= 4 is 33.4 Å². The Labute approximate surface area is 156 Å². The molecule has 0 radical (unpaired) electrons. The van der Waals surface area contributed by atoms with Crippen molar-refractivity contribution < 1.29 is 9.59 Å². The van der Waals surface area contributed by atoms with E-state index < -0.39 is 22.4 Å². The number of fused-ring (bicyclic) bond motifs is 1. The Kier molecular flexibility index (Phi) is 4.54. The molecule has 25 heavy (non-hydrogen) atoms. The largest absolute Gasteiger partial charge is 0.331 e. The van der Waals surface area contributed by atoms with Crippen LogP contribution in [0.1, 0.15) is 31.9 Å². The van der Waals surface area contributed by atoms with Crippen LogP contribution in [-0.4, -0.2) is 45.8 Å². The molecule has 0 aromatic heterocycles. The molecule has 1 unspecified atom stereocenters. The van der Waals surface area contributed by atoms with Crippen LogP contribution < -0.4 is 0 Å². The van der Waals surface area contributed by atoms with Crippen molar-refractivity contribution in [3.63, 3.8) is 0 Å². The van der Waals surface area contributed by atoms with E-state index in [1.54, 1.807) is 18.9 Å². The lowest BCUT2D eigenvalue weighted by molar-refractivity contribution is -0.161. The quantitative estimate of drug-likeness (QED) is 0.760. The van der Waals surface area contributed by atoms with Crippen molar-refractivity contribution in [3.8, 4) is 6.07 Å². The van der Waals surface area contributed by atoms with Gasteiger partial charge in [0.1, 0.15) is 6.04 Å². The number of carbonyl (C=O) groups is 2. The van der Waals surface area contributed by atoms with E-state index in [1.807, 2.05) is 43.5 Å². The molecular weight excluding hydrogens is 354 g/mol. The molecular formula is C18H21N3O2S2. The number of benzene rings is 1. The maximum atomic E-state index is 13.2. The Morgan fingerprint density at radius 1 is 1.28 bits per heavy atom. The molecule has 0 saturated carbocycles. The highest BCUT2D eigenvalue weighted by molar-refractivity contribution is 8.77. The summed E-state index contributed by atoms with van der Waals surface area (Å²) in [6.45, 7) is 3.61. The lowest BCUT2D eigenvalue weighted by atomic mass is 9.79. The van der Waals surface area contributed by atoms with Crippen LogP contribution >= 0.6 is 21.6 Å². The SMILES string of the molecule is CSS[C@]12C[C@](C)(C#N)[C@H](c3ccccc3)N1C(=O)C(C)N(C)C2=O. The third-order valence-electron chi connectivity index (χ3n) is 5.28. The first kappa shape index (κ1) is 18.2. The van der Waals surface area contributed by atoms with Crippen molar-refractivity contribution in [2.75, 3.05) is 13.3 Å². The molecule has 0 bridgehead atoms. The minimum Gasteiger partial charge on any atom is -0.331 e. The van der Waals surface area contributed by atoms with Crippen LogP contribution in [0, 0.1) is 16.7 Å². The maximum absolute atomic E-state index is 13.2. The average Bonchev–Trinajstić information content (AvgIpc) is 2.89. The summed E-state index contributed by atoms with van der Waals surface area (Å²) in [6, 6.07) is 11.0. The van der Waals surface area contributed by atoms with Crippen molar-refractivity contribution in [1.29, 1.82) is 5.26 Å². The summed E-state index contributed by atoms with van der Waals surface area (Å²) >= 11 is 0. The molecule has 3 rings (SSSR count). The van der Waals surface area contributed by atoms with Gasteiger partial charge in [-0.25, -0.2) is 0 Å². The number of likely N-dealkylation sites (N-methyl/N-ethyl adjacent to an activating group) is 1. The molecule has 2 heterocycles. The lowest BCUT2D eigenvalue weighted by Crippen LogP contribution is -2.66. The fraction of sp³-hybridized carbons (Fsp3) is 0.500. The van der Waals surface area contributed by atoms with Gasteiger partial charge in [0.2, 0.25) is 5.91 Å². The van der Waals surface area contributed by atoms with Crippen LogP contribution in [0.2, 0.25) is 0 Å². The second-order valence-corrected chi connectivity index (χ2v) is 9.53. The van der Waals surface area contributed by atoms with E-state index >= 15 is 0 Å². The Balaban J connectivity index is 2.24. The Bertz CT molecular complexity index is 750. The topological polar surface area (TPSA) is 64.4 Å². The molecule has 1 aromatic rings. The summed E-state index contributed by atoms with van der Waals surface area (Å²) in [5, 5.41) is 9.96. The molecule has 0 spiro atoms. The summed E-state index contributed by atoms with van der Waals surface area (Å²) in [4.78, 5) is 28.7. The van der Waals surface area contributed by atoms with E-state index in [9.17, 15) is 14.9 Å². The molecule has 2 aliphatic rings. The highest BCUT2D eigenvalue weighted by atomic mass is 33.1. The Morgan fingerprint density at radius 3 is 2.48 bits per heavy atom. The zero-order chi connectivity index (χ0) is 18.4. The van der Waals surface area contributed by atoms with Crippen LogP contribution in [0.15, 0.2) is 30.3 Å². The highest BCUT2D eigenvalue weighted by Crippen LogP contribution is 2.61. The molecule has 1 aromatic carbocycles. The smallest absolute Gasteiger partial charge is 0.260 e. The van der Waals surface area contributed by atoms with Crippen LogP contribution in [0.3, 0.4) is 0 Å². The van der Waals surface area contributed by atoms with Gasteiger partial charge < -0.3 is 9.80 Å². The minimum atomic E-state index is -1.04. The summed E-state index contributed by atoms with van der Waals surface area (Å²) in [5.74, 6) is -0.199. The van der Waals surface area contributed by atoms with E-state index in [-0.39, 0.29) is 11.8 Å². The minimum absolute atomic E-state index is 0.0983. The van der Waals surface area contributed by atoms with Crippen molar-refractivity contribution in [3.05, 3.63) is 35.9 Å². The fourth-order valence-corrected chi connectivity index (χ4v) is 6.56.